The molecule has 2 aliphatic rings. The molecule has 3 rings (SSSR count). The van der Waals surface area contributed by atoms with Gasteiger partial charge in [-0.1, -0.05) is 18.2 Å². The number of rotatable bonds is 2. The van der Waals surface area contributed by atoms with E-state index >= 15 is 0 Å². The molecule has 0 spiro atoms. The van der Waals surface area contributed by atoms with Crippen LogP contribution in [0.4, 0.5) is 4.39 Å². The Morgan fingerprint density at radius 2 is 2.00 bits per heavy atom. The normalized spacial score (nSPS) is 28.1. The SMILES string of the molecule is CC1NC(c2ccccc2F)N(C2CCOCC2)C1=O. The highest BCUT2D eigenvalue weighted by Crippen LogP contribution is 2.32. The van der Waals surface area contributed by atoms with Crippen molar-refractivity contribution in [3.63, 3.8) is 0 Å². The number of hydrogen-bond donors (Lipinski definition) is 1. The smallest absolute Gasteiger partial charge is 0.241 e. The Kier molecular flexibility index (Phi) is 3.72. The Labute approximate surface area is 117 Å². The van der Waals surface area contributed by atoms with Gasteiger partial charge in [0, 0.05) is 24.8 Å². The molecule has 1 aromatic carbocycles. The van der Waals surface area contributed by atoms with Crippen molar-refractivity contribution >= 4 is 5.91 Å². The number of ether oxygens (including phenoxy) is 1. The topological polar surface area (TPSA) is 41.6 Å². The Morgan fingerprint density at radius 3 is 2.70 bits per heavy atom. The zero-order chi connectivity index (χ0) is 14.1. The van der Waals surface area contributed by atoms with Gasteiger partial charge >= 0.3 is 0 Å². The van der Waals surface area contributed by atoms with Crippen LogP contribution in [0.3, 0.4) is 0 Å². The van der Waals surface area contributed by atoms with E-state index in [0.29, 0.717) is 18.8 Å². The van der Waals surface area contributed by atoms with Crippen molar-refractivity contribution in [1.29, 1.82) is 0 Å². The maximum absolute atomic E-state index is 14.0. The van der Waals surface area contributed by atoms with Crippen molar-refractivity contribution < 1.29 is 13.9 Å². The third-order valence-electron chi connectivity index (χ3n) is 4.09. The predicted octanol–water partition coefficient (Wildman–Crippen LogP) is 1.82. The first kappa shape index (κ1) is 13.5. The summed E-state index contributed by atoms with van der Waals surface area (Å²) in [6.07, 6.45) is 1.25. The van der Waals surface area contributed by atoms with Gasteiger partial charge in [0.05, 0.1) is 6.04 Å². The number of nitrogens with zero attached hydrogens (tertiary/aromatic N) is 1. The molecule has 2 aliphatic heterocycles. The summed E-state index contributed by atoms with van der Waals surface area (Å²) in [6.45, 7) is 3.15. The lowest BCUT2D eigenvalue weighted by Crippen LogP contribution is -2.43. The van der Waals surface area contributed by atoms with E-state index in [1.165, 1.54) is 6.07 Å². The molecule has 1 amide bonds. The summed E-state index contributed by atoms with van der Waals surface area (Å²) >= 11 is 0. The molecule has 0 aromatic heterocycles. The summed E-state index contributed by atoms with van der Waals surface area (Å²) in [5, 5.41) is 3.20. The third-order valence-corrected chi connectivity index (χ3v) is 4.09. The molecule has 4 nitrogen and oxygen atoms in total. The van der Waals surface area contributed by atoms with Crippen molar-refractivity contribution in [2.75, 3.05) is 13.2 Å². The van der Waals surface area contributed by atoms with Crippen LogP contribution in [0.15, 0.2) is 24.3 Å². The van der Waals surface area contributed by atoms with Crippen LogP contribution >= 0.6 is 0 Å². The van der Waals surface area contributed by atoms with E-state index in [1.54, 1.807) is 18.2 Å². The van der Waals surface area contributed by atoms with Crippen LogP contribution in [0.2, 0.25) is 0 Å². The Bertz CT molecular complexity index is 502. The lowest BCUT2D eigenvalue weighted by molar-refractivity contribution is -0.134. The highest BCUT2D eigenvalue weighted by Gasteiger charge is 2.42. The number of nitrogens with one attached hydrogen (secondary N) is 1. The standard InChI is InChI=1S/C15H19FN2O2/c1-10-15(19)18(11-6-8-20-9-7-11)14(17-10)12-4-2-3-5-13(12)16/h2-5,10-11,14,17H,6-9H2,1H3. The lowest BCUT2D eigenvalue weighted by atomic mass is 10.0. The van der Waals surface area contributed by atoms with Crippen molar-refractivity contribution in [3.05, 3.63) is 35.6 Å². The van der Waals surface area contributed by atoms with E-state index in [2.05, 4.69) is 5.32 Å². The fourth-order valence-corrected chi connectivity index (χ4v) is 3.03. The molecule has 2 atom stereocenters. The Balaban J connectivity index is 1.91. The van der Waals surface area contributed by atoms with Crippen molar-refractivity contribution in [2.24, 2.45) is 0 Å². The maximum atomic E-state index is 14.0. The van der Waals surface area contributed by atoms with E-state index in [-0.39, 0.29) is 30.0 Å². The molecule has 1 N–H and O–H groups in total. The molecular weight excluding hydrogens is 259 g/mol. The highest BCUT2D eigenvalue weighted by atomic mass is 19.1. The molecule has 0 aliphatic carbocycles. The molecule has 108 valence electrons. The second kappa shape index (κ2) is 5.50. The average Bonchev–Trinajstić information content (AvgIpc) is 2.76. The minimum absolute atomic E-state index is 0.0464. The monoisotopic (exact) mass is 278 g/mol. The van der Waals surface area contributed by atoms with Crippen LogP contribution in [0.5, 0.6) is 0 Å². The number of halogens is 1. The quantitative estimate of drug-likeness (QED) is 0.897. The van der Waals surface area contributed by atoms with Crippen molar-refractivity contribution in [1.82, 2.24) is 10.2 Å². The number of carbonyl (C=O) groups is 1. The van der Waals surface area contributed by atoms with Gasteiger partial charge in [0.25, 0.3) is 0 Å². The van der Waals surface area contributed by atoms with E-state index in [1.807, 2.05) is 11.8 Å². The molecule has 2 saturated heterocycles. The van der Waals surface area contributed by atoms with Crippen LogP contribution in [-0.4, -0.2) is 36.1 Å². The lowest BCUT2D eigenvalue weighted by Gasteiger charge is -2.35. The molecule has 2 heterocycles. The summed E-state index contributed by atoms with van der Waals surface area (Å²) in [7, 11) is 0. The van der Waals surface area contributed by atoms with Crippen LogP contribution in [0.25, 0.3) is 0 Å². The van der Waals surface area contributed by atoms with Crippen LogP contribution in [0, 0.1) is 5.82 Å². The molecule has 2 unspecified atom stereocenters. The highest BCUT2D eigenvalue weighted by molar-refractivity contribution is 5.84. The molecule has 2 fully saturated rings. The molecule has 0 radical (unpaired) electrons. The van der Waals surface area contributed by atoms with Gasteiger partial charge in [-0.05, 0) is 25.8 Å². The summed E-state index contributed by atoms with van der Waals surface area (Å²) in [5.41, 5.74) is 0.539. The number of amides is 1. The van der Waals surface area contributed by atoms with E-state index in [0.717, 1.165) is 12.8 Å². The maximum Gasteiger partial charge on any atom is 0.241 e. The van der Waals surface area contributed by atoms with Gasteiger partial charge in [-0.2, -0.15) is 0 Å². The molecule has 20 heavy (non-hydrogen) atoms. The van der Waals surface area contributed by atoms with Crippen molar-refractivity contribution in [2.45, 2.75) is 38.0 Å². The molecule has 0 saturated carbocycles. The summed E-state index contributed by atoms with van der Waals surface area (Å²) < 4.78 is 19.4. The number of hydrogen-bond acceptors (Lipinski definition) is 3. The Hall–Kier alpha value is -1.46. The van der Waals surface area contributed by atoms with Crippen LogP contribution in [0.1, 0.15) is 31.5 Å². The van der Waals surface area contributed by atoms with Gasteiger partial charge in [0.15, 0.2) is 0 Å². The second-order valence-corrected chi connectivity index (χ2v) is 5.40. The predicted molar refractivity (Wildman–Crippen MR) is 72.4 cm³/mol. The fraction of sp³-hybridized carbons (Fsp3) is 0.533. The summed E-state index contributed by atoms with van der Waals surface area (Å²) in [6, 6.07) is 6.49. The average molecular weight is 278 g/mol. The molecule has 5 heteroatoms. The first-order chi connectivity index (χ1) is 9.68. The largest absolute Gasteiger partial charge is 0.381 e. The minimum atomic E-state index is -0.373. The van der Waals surface area contributed by atoms with Crippen LogP contribution in [-0.2, 0) is 9.53 Å². The Morgan fingerprint density at radius 1 is 1.30 bits per heavy atom. The molecular formula is C15H19FN2O2. The second-order valence-electron chi connectivity index (χ2n) is 5.40. The van der Waals surface area contributed by atoms with E-state index < -0.39 is 0 Å². The van der Waals surface area contributed by atoms with Gasteiger partial charge in [-0.3, -0.25) is 10.1 Å². The van der Waals surface area contributed by atoms with Gasteiger partial charge in [0.2, 0.25) is 5.91 Å². The summed E-state index contributed by atoms with van der Waals surface area (Å²) in [5.74, 6) is -0.228. The minimum Gasteiger partial charge on any atom is -0.381 e. The third kappa shape index (κ3) is 2.31. The summed E-state index contributed by atoms with van der Waals surface area (Å²) in [4.78, 5) is 14.2. The zero-order valence-corrected chi connectivity index (χ0v) is 11.5. The van der Waals surface area contributed by atoms with Gasteiger partial charge in [-0.15, -0.1) is 0 Å². The van der Waals surface area contributed by atoms with Gasteiger partial charge in [-0.25, -0.2) is 4.39 Å². The number of carbonyl (C=O) groups excluding carboxylic acids is 1. The first-order valence-electron chi connectivity index (χ1n) is 7.09. The first-order valence-corrected chi connectivity index (χ1v) is 7.09. The van der Waals surface area contributed by atoms with Crippen molar-refractivity contribution in [3.8, 4) is 0 Å². The number of benzene rings is 1. The fourth-order valence-electron chi connectivity index (χ4n) is 3.03. The van der Waals surface area contributed by atoms with Gasteiger partial charge in [0.1, 0.15) is 12.0 Å². The van der Waals surface area contributed by atoms with Crippen LogP contribution < -0.4 is 5.32 Å². The zero-order valence-electron chi connectivity index (χ0n) is 11.5. The van der Waals surface area contributed by atoms with Gasteiger partial charge < -0.3 is 9.64 Å². The van der Waals surface area contributed by atoms with E-state index in [4.69, 9.17) is 4.74 Å². The molecule has 1 aromatic rings. The van der Waals surface area contributed by atoms with E-state index in [9.17, 15) is 9.18 Å². The molecule has 0 bridgehead atoms.